The van der Waals surface area contributed by atoms with Crippen molar-refractivity contribution >= 4 is 44.0 Å². The van der Waals surface area contributed by atoms with E-state index in [0.29, 0.717) is 17.3 Å². The first-order valence-electron chi connectivity index (χ1n) is 6.66. The Bertz CT molecular complexity index is 782. The van der Waals surface area contributed by atoms with Crippen LogP contribution in [-0.4, -0.2) is 21.5 Å². The number of fused-ring (bicyclic) bond motifs is 1. The molecule has 4 N–H and O–H groups in total. The maximum Gasteiger partial charge on any atom is 0.189 e. The average Bonchev–Trinajstić information content (AvgIpc) is 2.85. The van der Waals surface area contributed by atoms with Gasteiger partial charge in [0.2, 0.25) is 0 Å². The van der Waals surface area contributed by atoms with Crippen molar-refractivity contribution in [2.75, 3.05) is 22.9 Å². The van der Waals surface area contributed by atoms with Crippen molar-refractivity contribution in [3.63, 3.8) is 0 Å². The molecule has 3 rings (SSSR count). The molecule has 2 aromatic heterocycles. The summed E-state index contributed by atoms with van der Waals surface area (Å²) in [5.74, 6) is 1.20. The molecule has 0 aliphatic carbocycles. The Morgan fingerprint density at radius 2 is 2.05 bits per heavy atom. The predicted octanol–water partition coefficient (Wildman–Crippen LogP) is 3.15. The van der Waals surface area contributed by atoms with Crippen LogP contribution in [0.1, 0.15) is 12.5 Å². The van der Waals surface area contributed by atoms with Crippen LogP contribution in [0.4, 0.5) is 22.5 Å². The van der Waals surface area contributed by atoms with Crippen molar-refractivity contribution in [3.05, 3.63) is 30.1 Å². The molecule has 0 aliphatic rings. The van der Waals surface area contributed by atoms with Crippen LogP contribution in [0.5, 0.6) is 0 Å². The van der Waals surface area contributed by atoms with E-state index in [1.165, 1.54) is 11.9 Å². The standard InChI is InChI=1S/C14H16N6S/c1-3-16-12-11(15)13(18-7-17-12)20-14-19-9-5-4-8(2)6-10(9)21-14/h4-7H,3,15H2,1-2H3,(H2,16,17,18,19,20). The largest absolute Gasteiger partial charge is 0.393 e. The number of benzene rings is 1. The third-order valence-corrected chi connectivity index (χ3v) is 3.93. The van der Waals surface area contributed by atoms with Crippen LogP contribution >= 0.6 is 11.3 Å². The Morgan fingerprint density at radius 3 is 2.86 bits per heavy atom. The molecular weight excluding hydrogens is 284 g/mol. The lowest BCUT2D eigenvalue weighted by atomic mass is 10.2. The number of hydrogen-bond donors (Lipinski definition) is 3. The molecule has 6 nitrogen and oxygen atoms in total. The molecule has 2 heterocycles. The minimum absolute atomic E-state index is 0.495. The lowest BCUT2D eigenvalue weighted by molar-refractivity contribution is 1.11. The SMILES string of the molecule is CCNc1ncnc(Nc2nc3ccc(C)cc3s2)c1N. The summed E-state index contributed by atoms with van der Waals surface area (Å²) in [5.41, 5.74) is 8.74. The number of nitrogens with two attached hydrogens (primary N) is 1. The fraction of sp³-hybridized carbons (Fsp3) is 0.214. The van der Waals surface area contributed by atoms with Crippen LogP contribution < -0.4 is 16.4 Å². The van der Waals surface area contributed by atoms with E-state index in [-0.39, 0.29) is 0 Å². The Morgan fingerprint density at radius 1 is 1.24 bits per heavy atom. The molecule has 0 bridgehead atoms. The van der Waals surface area contributed by atoms with Gasteiger partial charge in [-0.1, -0.05) is 17.4 Å². The molecule has 0 saturated heterocycles. The predicted molar refractivity (Wildman–Crippen MR) is 88.2 cm³/mol. The summed E-state index contributed by atoms with van der Waals surface area (Å²) in [6, 6.07) is 6.18. The topological polar surface area (TPSA) is 88.8 Å². The monoisotopic (exact) mass is 300 g/mol. The number of nitrogens with one attached hydrogen (secondary N) is 2. The summed E-state index contributed by atoms with van der Waals surface area (Å²) >= 11 is 1.58. The summed E-state index contributed by atoms with van der Waals surface area (Å²) in [4.78, 5) is 12.8. The third-order valence-electron chi connectivity index (χ3n) is 3.00. The first-order valence-corrected chi connectivity index (χ1v) is 7.47. The number of hydrogen-bond acceptors (Lipinski definition) is 7. The van der Waals surface area contributed by atoms with Gasteiger partial charge in [0.25, 0.3) is 0 Å². The van der Waals surface area contributed by atoms with Crippen LogP contribution in [0.3, 0.4) is 0 Å². The second kappa shape index (κ2) is 5.53. The number of aryl methyl sites for hydroxylation is 1. The smallest absolute Gasteiger partial charge is 0.189 e. The van der Waals surface area contributed by atoms with E-state index in [1.807, 2.05) is 19.1 Å². The van der Waals surface area contributed by atoms with Crippen molar-refractivity contribution in [1.29, 1.82) is 0 Å². The molecule has 0 spiro atoms. The van der Waals surface area contributed by atoms with E-state index in [2.05, 4.69) is 38.6 Å². The van der Waals surface area contributed by atoms with Gasteiger partial charge in [-0.3, -0.25) is 0 Å². The van der Waals surface area contributed by atoms with Gasteiger partial charge < -0.3 is 16.4 Å². The summed E-state index contributed by atoms with van der Waals surface area (Å²) in [6.07, 6.45) is 1.48. The van der Waals surface area contributed by atoms with Crippen molar-refractivity contribution in [2.45, 2.75) is 13.8 Å². The van der Waals surface area contributed by atoms with E-state index in [1.54, 1.807) is 11.3 Å². The van der Waals surface area contributed by atoms with Crippen LogP contribution in [0.2, 0.25) is 0 Å². The molecule has 0 amide bonds. The van der Waals surface area contributed by atoms with Crippen molar-refractivity contribution < 1.29 is 0 Å². The van der Waals surface area contributed by atoms with Gasteiger partial charge in [-0.15, -0.1) is 0 Å². The lowest BCUT2D eigenvalue weighted by Gasteiger charge is -2.09. The highest BCUT2D eigenvalue weighted by Gasteiger charge is 2.10. The highest BCUT2D eigenvalue weighted by molar-refractivity contribution is 7.22. The average molecular weight is 300 g/mol. The fourth-order valence-corrected chi connectivity index (χ4v) is 2.95. The molecule has 108 valence electrons. The Balaban J connectivity index is 1.93. The van der Waals surface area contributed by atoms with Crippen LogP contribution in [0.25, 0.3) is 10.2 Å². The minimum Gasteiger partial charge on any atom is -0.393 e. The molecule has 0 aliphatic heterocycles. The van der Waals surface area contributed by atoms with Crippen LogP contribution in [0, 0.1) is 6.92 Å². The molecule has 0 atom stereocenters. The summed E-state index contributed by atoms with van der Waals surface area (Å²) in [6.45, 7) is 4.81. The Labute approximate surface area is 126 Å². The van der Waals surface area contributed by atoms with Crippen LogP contribution in [0.15, 0.2) is 24.5 Å². The van der Waals surface area contributed by atoms with Gasteiger partial charge in [-0.25, -0.2) is 15.0 Å². The summed E-state index contributed by atoms with van der Waals surface area (Å²) in [5, 5.41) is 7.04. The quantitative estimate of drug-likeness (QED) is 0.686. The second-order valence-electron chi connectivity index (χ2n) is 4.63. The second-order valence-corrected chi connectivity index (χ2v) is 5.66. The molecular formula is C14H16N6S. The van der Waals surface area contributed by atoms with E-state index >= 15 is 0 Å². The molecule has 7 heteroatoms. The number of rotatable bonds is 4. The molecule has 1 aromatic carbocycles. The normalized spacial score (nSPS) is 10.8. The number of nitrogen functional groups attached to an aromatic ring is 1. The number of nitrogens with zero attached hydrogens (tertiary/aromatic N) is 3. The summed E-state index contributed by atoms with van der Waals surface area (Å²) in [7, 11) is 0. The van der Waals surface area contributed by atoms with Gasteiger partial charge in [-0.05, 0) is 31.5 Å². The van der Waals surface area contributed by atoms with Gasteiger partial charge in [-0.2, -0.15) is 0 Å². The third kappa shape index (κ3) is 2.73. The van der Waals surface area contributed by atoms with Gasteiger partial charge in [0.15, 0.2) is 16.8 Å². The van der Waals surface area contributed by atoms with E-state index in [4.69, 9.17) is 5.73 Å². The minimum atomic E-state index is 0.495. The highest BCUT2D eigenvalue weighted by Crippen LogP contribution is 2.31. The first-order chi connectivity index (χ1) is 10.2. The Hall–Kier alpha value is -2.41. The van der Waals surface area contributed by atoms with Crippen molar-refractivity contribution in [1.82, 2.24) is 15.0 Å². The molecule has 3 aromatic rings. The van der Waals surface area contributed by atoms with Gasteiger partial charge >= 0.3 is 0 Å². The van der Waals surface area contributed by atoms with Crippen molar-refractivity contribution in [3.8, 4) is 0 Å². The zero-order chi connectivity index (χ0) is 14.8. The molecule has 21 heavy (non-hydrogen) atoms. The number of thiazole rings is 1. The molecule has 0 unspecified atom stereocenters. The number of aromatic nitrogens is 3. The molecule has 0 saturated carbocycles. The Kier molecular flexibility index (Phi) is 3.57. The van der Waals surface area contributed by atoms with E-state index < -0.39 is 0 Å². The van der Waals surface area contributed by atoms with Gasteiger partial charge in [0.1, 0.15) is 12.0 Å². The highest BCUT2D eigenvalue weighted by atomic mass is 32.1. The van der Waals surface area contributed by atoms with Gasteiger partial charge in [0, 0.05) is 6.54 Å². The number of anilines is 4. The molecule has 0 radical (unpaired) electrons. The van der Waals surface area contributed by atoms with Crippen molar-refractivity contribution in [2.24, 2.45) is 0 Å². The summed E-state index contributed by atoms with van der Waals surface area (Å²) < 4.78 is 1.14. The maximum atomic E-state index is 6.06. The van der Waals surface area contributed by atoms with E-state index in [9.17, 15) is 0 Å². The fourth-order valence-electron chi connectivity index (χ4n) is 1.99. The zero-order valence-corrected chi connectivity index (χ0v) is 12.7. The first kappa shape index (κ1) is 13.6. The zero-order valence-electron chi connectivity index (χ0n) is 11.8. The van der Waals surface area contributed by atoms with Crippen LogP contribution in [-0.2, 0) is 0 Å². The lowest BCUT2D eigenvalue weighted by Crippen LogP contribution is -2.07. The molecule has 0 fully saturated rings. The van der Waals surface area contributed by atoms with Gasteiger partial charge in [0.05, 0.1) is 10.2 Å². The van der Waals surface area contributed by atoms with E-state index in [0.717, 1.165) is 21.9 Å². The maximum absolute atomic E-state index is 6.06.